The molecule has 8 nitrogen and oxygen atoms in total. The molecule has 0 amide bonds. The highest BCUT2D eigenvalue weighted by Crippen LogP contribution is 2.15. The van der Waals surface area contributed by atoms with Gasteiger partial charge in [-0.1, -0.05) is 0 Å². The second-order valence-electron chi connectivity index (χ2n) is 3.71. The van der Waals surface area contributed by atoms with E-state index in [1.807, 2.05) is 0 Å². The monoisotopic (exact) mass is 272 g/mol. The van der Waals surface area contributed by atoms with Crippen LogP contribution < -0.4 is 5.32 Å². The van der Waals surface area contributed by atoms with Crippen LogP contribution in [0, 0.1) is 0 Å². The number of nitrogens with zero attached hydrogens (tertiary/aromatic N) is 3. The molecule has 2 heterocycles. The highest BCUT2D eigenvalue weighted by molar-refractivity contribution is 7.89. The standard InChI is InChI=1S/C9H12N4O4S/c14-8(15)7-6-10-4-5-13(7)18(16,17)9-11-2-1-3-12-9/h1-3,7,10H,4-6H2,(H,14,15)/t7-/m1/s1. The Labute approximate surface area is 104 Å². The van der Waals surface area contributed by atoms with Crippen molar-refractivity contribution in [1.82, 2.24) is 19.6 Å². The lowest BCUT2D eigenvalue weighted by Gasteiger charge is -2.31. The Bertz CT molecular complexity index is 533. The Balaban J connectivity index is 2.36. The van der Waals surface area contributed by atoms with E-state index in [1.54, 1.807) is 0 Å². The normalized spacial score (nSPS) is 21.7. The zero-order valence-electron chi connectivity index (χ0n) is 9.35. The van der Waals surface area contributed by atoms with Gasteiger partial charge in [0.15, 0.2) is 0 Å². The van der Waals surface area contributed by atoms with Crippen molar-refractivity contribution in [3.63, 3.8) is 0 Å². The van der Waals surface area contributed by atoms with Crippen LogP contribution in [-0.2, 0) is 14.8 Å². The largest absolute Gasteiger partial charge is 0.480 e. The zero-order chi connectivity index (χ0) is 13.2. The summed E-state index contributed by atoms with van der Waals surface area (Å²) >= 11 is 0. The lowest BCUT2D eigenvalue weighted by Crippen LogP contribution is -2.57. The number of hydrogen-bond acceptors (Lipinski definition) is 6. The van der Waals surface area contributed by atoms with Crippen molar-refractivity contribution in [1.29, 1.82) is 0 Å². The van der Waals surface area contributed by atoms with Gasteiger partial charge in [-0.25, -0.2) is 18.4 Å². The number of carbonyl (C=O) groups is 1. The number of rotatable bonds is 3. The fourth-order valence-electron chi connectivity index (χ4n) is 1.71. The van der Waals surface area contributed by atoms with Crippen LogP contribution in [-0.4, -0.2) is 59.4 Å². The number of piperazine rings is 1. The molecule has 0 unspecified atom stereocenters. The fourth-order valence-corrected chi connectivity index (χ4v) is 3.14. The van der Waals surface area contributed by atoms with Gasteiger partial charge < -0.3 is 10.4 Å². The number of hydrogen-bond donors (Lipinski definition) is 2. The molecule has 0 saturated carbocycles. The van der Waals surface area contributed by atoms with Crippen molar-refractivity contribution < 1.29 is 18.3 Å². The van der Waals surface area contributed by atoms with Gasteiger partial charge in [-0.15, -0.1) is 0 Å². The molecule has 0 bridgehead atoms. The predicted octanol–water partition coefficient (Wildman–Crippen LogP) is -1.48. The summed E-state index contributed by atoms with van der Waals surface area (Å²) in [6.45, 7) is 0.550. The van der Waals surface area contributed by atoms with E-state index < -0.39 is 22.0 Å². The summed E-state index contributed by atoms with van der Waals surface area (Å²) in [5.41, 5.74) is 0. The van der Waals surface area contributed by atoms with Crippen LogP contribution in [0.15, 0.2) is 23.6 Å². The van der Waals surface area contributed by atoms with Crippen molar-refractivity contribution in [3.05, 3.63) is 18.5 Å². The van der Waals surface area contributed by atoms with Gasteiger partial charge >= 0.3 is 5.97 Å². The van der Waals surface area contributed by atoms with Crippen molar-refractivity contribution in [2.75, 3.05) is 19.6 Å². The molecule has 0 aliphatic carbocycles. The van der Waals surface area contributed by atoms with Crippen molar-refractivity contribution in [2.24, 2.45) is 0 Å². The summed E-state index contributed by atoms with van der Waals surface area (Å²) in [6.07, 6.45) is 2.61. The maximum Gasteiger partial charge on any atom is 0.323 e. The summed E-state index contributed by atoms with van der Waals surface area (Å²) in [5.74, 6) is -1.19. The number of nitrogens with one attached hydrogen (secondary N) is 1. The van der Waals surface area contributed by atoms with E-state index in [1.165, 1.54) is 18.5 Å². The highest BCUT2D eigenvalue weighted by Gasteiger charge is 2.38. The minimum atomic E-state index is -3.97. The Morgan fingerprint density at radius 2 is 2.11 bits per heavy atom. The number of carboxylic acids is 1. The average Bonchev–Trinajstić information content (AvgIpc) is 2.39. The third-order valence-electron chi connectivity index (χ3n) is 2.56. The van der Waals surface area contributed by atoms with E-state index >= 15 is 0 Å². The smallest absolute Gasteiger partial charge is 0.323 e. The Morgan fingerprint density at radius 3 is 2.72 bits per heavy atom. The molecule has 2 N–H and O–H groups in total. The maximum atomic E-state index is 12.2. The van der Waals surface area contributed by atoms with Gasteiger partial charge in [0, 0.05) is 32.0 Å². The molecule has 1 saturated heterocycles. The first-order valence-electron chi connectivity index (χ1n) is 5.26. The number of aromatic nitrogens is 2. The molecule has 0 aromatic carbocycles. The van der Waals surface area contributed by atoms with Gasteiger partial charge in [0.25, 0.3) is 15.2 Å². The molecule has 2 rings (SSSR count). The number of sulfonamides is 1. The van der Waals surface area contributed by atoms with Crippen LogP contribution in [0.2, 0.25) is 0 Å². The molecule has 1 aromatic heterocycles. The zero-order valence-corrected chi connectivity index (χ0v) is 10.2. The third-order valence-corrected chi connectivity index (χ3v) is 4.29. The van der Waals surface area contributed by atoms with Gasteiger partial charge in [0.05, 0.1) is 0 Å². The van der Waals surface area contributed by atoms with E-state index in [0.717, 1.165) is 4.31 Å². The van der Waals surface area contributed by atoms with Crippen LogP contribution in [0.4, 0.5) is 0 Å². The molecule has 1 aliphatic rings. The number of carboxylic acid groups (broad SMARTS) is 1. The summed E-state index contributed by atoms with van der Waals surface area (Å²) in [7, 11) is -3.97. The van der Waals surface area contributed by atoms with Crippen molar-refractivity contribution in [2.45, 2.75) is 11.2 Å². The Hall–Kier alpha value is -1.58. The molecule has 1 aliphatic heterocycles. The van der Waals surface area contributed by atoms with E-state index in [2.05, 4.69) is 15.3 Å². The van der Waals surface area contributed by atoms with Gasteiger partial charge in [-0.2, -0.15) is 4.31 Å². The average molecular weight is 272 g/mol. The summed E-state index contributed by atoms with van der Waals surface area (Å²) in [4.78, 5) is 18.4. The second kappa shape index (κ2) is 4.96. The SMILES string of the molecule is O=C(O)[C@H]1CNCCN1S(=O)(=O)c1ncccn1. The topological polar surface area (TPSA) is 112 Å². The molecule has 1 atom stereocenters. The van der Waals surface area contributed by atoms with Gasteiger partial charge in [0.2, 0.25) is 0 Å². The summed E-state index contributed by atoms with van der Waals surface area (Å²) in [6, 6.07) is 0.360. The Morgan fingerprint density at radius 1 is 1.44 bits per heavy atom. The van der Waals surface area contributed by atoms with E-state index in [4.69, 9.17) is 5.11 Å². The van der Waals surface area contributed by atoms with Crippen molar-refractivity contribution in [3.8, 4) is 0 Å². The van der Waals surface area contributed by atoms with Gasteiger partial charge in [-0.05, 0) is 6.07 Å². The third kappa shape index (κ3) is 2.33. The van der Waals surface area contributed by atoms with Gasteiger partial charge in [-0.3, -0.25) is 4.79 Å². The van der Waals surface area contributed by atoms with E-state index in [-0.39, 0.29) is 18.2 Å². The second-order valence-corrected chi connectivity index (χ2v) is 5.49. The van der Waals surface area contributed by atoms with Crippen LogP contribution in [0.25, 0.3) is 0 Å². The molecule has 1 fully saturated rings. The van der Waals surface area contributed by atoms with Crippen LogP contribution in [0.5, 0.6) is 0 Å². The first-order valence-corrected chi connectivity index (χ1v) is 6.70. The van der Waals surface area contributed by atoms with Crippen molar-refractivity contribution >= 4 is 16.0 Å². The van der Waals surface area contributed by atoms with Crippen LogP contribution in [0.3, 0.4) is 0 Å². The molecule has 0 spiro atoms. The highest BCUT2D eigenvalue weighted by atomic mass is 32.2. The number of aliphatic carboxylic acids is 1. The summed E-state index contributed by atoms with van der Waals surface area (Å²) in [5, 5.41) is 11.5. The first-order chi connectivity index (χ1) is 8.53. The minimum Gasteiger partial charge on any atom is -0.480 e. The lowest BCUT2D eigenvalue weighted by molar-refractivity contribution is -0.141. The predicted molar refractivity (Wildman–Crippen MR) is 60.2 cm³/mol. The fraction of sp³-hybridized carbons (Fsp3) is 0.444. The minimum absolute atomic E-state index is 0.0708. The summed E-state index contributed by atoms with van der Waals surface area (Å²) < 4.78 is 25.3. The molecular weight excluding hydrogens is 260 g/mol. The first kappa shape index (κ1) is 12.9. The molecule has 9 heteroatoms. The van der Waals surface area contributed by atoms with Crippen LogP contribution in [0.1, 0.15) is 0 Å². The van der Waals surface area contributed by atoms with Gasteiger partial charge in [0.1, 0.15) is 6.04 Å². The maximum absolute atomic E-state index is 12.2. The van der Waals surface area contributed by atoms with E-state index in [0.29, 0.717) is 6.54 Å². The quantitative estimate of drug-likeness (QED) is 0.645. The molecule has 0 radical (unpaired) electrons. The van der Waals surface area contributed by atoms with Crippen LogP contribution >= 0.6 is 0 Å². The molecule has 98 valence electrons. The molecular formula is C9H12N4O4S. The molecule has 18 heavy (non-hydrogen) atoms. The lowest BCUT2D eigenvalue weighted by atomic mass is 10.2. The van der Waals surface area contributed by atoms with E-state index in [9.17, 15) is 13.2 Å². The molecule has 1 aromatic rings. The Kier molecular flexibility index (Phi) is 3.55.